The standard InChI is InChI=1S/C21H24N2O4S/c1-15(19(24)14-28)22-20(25)18(12-16-8-4-2-5-9-16)23-21(26)27-13-17-10-6-3-7-11-17/h2-11,15,18,28H,12-14H2,1H3,(H,22,25)(H,23,26)/t15-,18-/m0/s1. The highest BCUT2D eigenvalue weighted by Crippen LogP contribution is 2.06. The lowest BCUT2D eigenvalue weighted by molar-refractivity contribution is -0.127. The van der Waals surface area contributed by atoms with E-state index < -0.39 is 24.1 Å². The minimum absolute atomic E-state index is 0.0251. The van der Waals surface area contributed by atoms with Gasteiger partial charge in [0.1, 0.15) is 12.6 Å². The van der Waals surface area contributed by atoms with Crippen LogP contribution in [0.3, 0.4) is 0 Å². The molecule has 0 aliphatic rings. The van der Waals surface area contributed by atoms with E-state index in [0.29, 0.717) is 0 Å². The number of hydrogen-bond acceptors (Lipinski definition) is 5. The number of ketones is 1. The highest BCUT2D eigenvalue weighted by Gasteiger charge is 2.25. The van der Waals surface area contributed by atoms with Crippen LogP contribution >= 0.6 is 12.6 Å². The number of ether oxygens (including phenoxy) is 1. The Morgan fingerprint density at radius 2 is 1.50 bits per heavy atom. The van der Waals surface area contributed by atoms with Crippen LogP contribution in [0.2, 0.25) is 0 Å². The summed E-state index contributed by atoms with van der Waals surface area (Å²) in [5.74, 6) is -0.637. The van der Waals surface area contributed by atoms with Gasteiger partial charge in [0, 0.05) is 6.42 Å². The Morgan fingerprint density at radius 1 is 0.929 bits per heavy atom. The highest BCUT2D eigenvalue weighted by molar-refractivity contribution is 7.81. The number of benzene rings is 2. The average molecular weight is 401 g/mol. The van der Waals surface area contributed by atoms with Gasteiger partial charge in [-0.15, -0.1) is 0 Å². The van der Waals surface area contributed by atoms with Gasteiger partial charge in [-0.25, -0.2) is 4.79 Å². The van der Waals surface area contributed by atoms with Crippen LogP contribution < -0.4 is 10.6 Å². The normalized spacial score (nSPS) is 12.5. The summed E-state index contributed by atoms with van der Waals surface area (Å²) in [5, 5.41) is 5.22. The second-order valence-corrected chi connectivity index (χ2v) is 6.62. The molecule has 2 N–H and O–H groups in total. The molecule has 2 rings (SSSR count). The summed E-state index contributed by atoms with van der Waals surface area (Å²) < 4.78 is 5.21. The number of hydrogen-bond donors (Lipinski definition) is 3. The van der Waals surface area contributed by atoms with Crippen LogP contribution in [0.5, 0.6) is 0 Å². The predicted octanol–water partition coefficient (Wildman–Crippen LogP) is 2.53. The van der Waals surface area contributed by atoms with Crippen LogP contribution in [0.4, 0.5) is 4.79 Å². The molecular weight excluding hydrogens is 376 g/mol. The topological polar surface area (TPSA) is 84.5 Å². The number of alkyl carbamates (subject to hydrolysis) is 1. The fourth-order valence-electron chi connectivity index (χ4n) is 2.50. The zero-order valence-electron chi connectivity index (χ0n) is 15.6. The van der Waals surface area contributed by atoms with Gasteiger partial charge in [0.05, 0.1) is 11.8 Å². The minimum Gasteiger partial charge on any atom is -0.445 e. The van der Waals surface area contributed by atoms with Crippen LogP contribution in [0.15, 0.2) is 60.7 Å². The summed E-state index contributed by atoms with van der Waals surface area (Å²) in [5.41, 5.74) is 1.72. The molecule has 0 aliphatic carbocycles. The largest absolute Gasteiger partial charge is 0.445 e. The number of carbonyl (C=O) groups excluding carboxylic acids is 3. The Labute approximate surface area is 170 Å². The molecule has 0 saturated carbocycles. The van der Waals surface area contributed by atoms with Crippen LogP contribution in [-0.4, -0.2) is 35.6 Å². The molecule has 2 aromatic rings. The third-order valence-electron chi connectivity index (χ3n) is 4.10. The van der Waals surface area contributed by atoms with Crippen LogP contribution in [0.1, 0.15) is 18.1 Å². The maximum absolute atomic E-state index is 12.6. The molecule has 0 aromatic heterocycles. The molecule has 0 aliphatic heterocycles. The molecule has 0 spiro atoms. The van der Waals surface area contributed by atoms with Crippen molar-refractivity contribution in [3.8, 4) is 0 Å². The van der Waals surface area contributed by atoms with Gasteiger partial charge >= 0.3 is 6.09 Å². The third-order valence-corrected chi connectivity index (χ3v) is 4.41. The molecule has 2 atom stereocenters. The fraction of sp³-hybridized carbons (Fsp3) is 0.286. The Balaban J connectivity index is 2.01. The quantitative estimate of drug-likeness (QED) is 0.565. The second kappa shape index (κ2) is 11.1. The van der Waals surface area contributed by atoms with Crippen LogP contribution in [-0.2, 0) is 27.4 Å². The van der Waals surface area contributed by atoms with Crippen molar-refractivity contribution in [2.45, 2.75) is 32.0 Å². The second-order valence-electron chi connectivity index (χ2n) is 6.30. The van der Waals surface area contributed by atoms with Gasteiger partial charge in [-0.2, -0.15) is 12.6 Å². The van der Waals surface area contributed by atoms with Crippen LogP contribution in [0, 0.1) is 0 Å². The van der Waals surface area contributed by atoms with Gasteiger partial charge in [-0.1, -0.05) is 60.7 Å². The SMILES string of the molecule is C[C@H](NC(=O)[C@H](Cc1ccccc1)NC(=O)OCc1ccccc1)C(=O)CS. The first-order valence-electron chi connectivity index (χ1n) is 8.94. The molecule has 0 unspecified atom stereocenters. The molecule has 7 heteroatoms. The smallest absolute Gasteiger partial charge is 0.408 e. The van der Waals surface area contributed by atoms with Crippen molar-refractivity contribution < 1.29 is 19.1 Å². The van der Waals surface area contributed by atoms with E-state index in [4.69, 9.17) is 4.74 Å². The summed E-state index contributed by atoms with van der Waals surface area (Å²) in [4.78, 5) is 36.5. The third kappa shape index (κ3) is 7.08. The number of amides is 2. The monoisotopic (exact) mass is 400 g/mol. The molecule has 2 amide bonds. The molecule has 0 saturated heterocycles. The lowest BCUT2D eigenvalue weighted by Gasteiger charge is -2.20. The molecule has 6 nitrogen and oxygen atoms in total. The van der Waals surface area contributed by atoms with E-state index in [-0.39, 0.29) is 24.6 Å². The van der Waals surface area contributed by atoms with Crippen molar-refractivity contribution in [3.63, 3.8) is 0 Å². The van der Waals surface area contributed by atoms with Crippen molar-refractivity contribution in [3.05, 3.63) is 71.8 Å². The van der Waals surface area contributed by atoms with E-state index in [0.717, 1.165) is 11.1 Å². The van der Waals surface area contributed by atoms with Gasteiger partial charge < -0.3 is 15.4 Å². The van der Waals surface area contributed by atoms with E-state index in [1.807, 2.05) is 60.7 Å². The maximum Gasteiger partial charge on any atom is 0.408 e. The summed E-state index contributed by atoms with van der Waals surface area (Å²) >= 11 is 3.94. The molecule has 28 heavy (non-hydrogen) atoms. The van der Waals surface area contributed by atoms with Crippen LogP contribution in [0.25, 0.3) is 0 Å². The number of Topliss-reactive ketones (excluding diaryl/α,β-unsaturated/α-hetero) is 1. The first kappa shape index (κ1) is 21.5. The molecule has 2 aromatic carbocycles. The van der Waals surface area contributed by atoms with Gasteiger partial charge in [0.25, 0.3) is 0 Å². The number of rotatable bonds is 9. The lowest BCUT2D eigenvalue weighted by Crippen LogP contribution is -2.52. The Kier molecular flexibility index (Phi) is 8.55. The van der Waals surface area contributed by atoms with Crippen molar-refractivity contribution in [2.75, 3.05) is 5.75 Å². The Morgan fingerprint density at radius 3 is 2.07 bits per heavy atom. The molecule has 0 heterocycles. The molecular formula is C21H24N2O4S. The van der Waals surface area contributed by atoms with Gasteiger partial charge in [-0.05, 0) is 18.1 Å². The first-order chi connectivity index (χ1) is 13.5. The van der Waals surface area contributed by atoms with Crippen molar-refractivity contribution in [1.29, 1.82) is 0 Å². The van der Waals surface area contributed by atoms with Crippen molar-refractivity contribution in [2.24, 2.45) is 0 Å². The Hall–Kier alpha value is -2.80. The average Bonchev–Trinajstić information content (AvgIpc) is 2.72. The van der Waals surface area contributed by atoms with E-state index >= 15 is 0 Å². The zero-order valence-corrected chi connectivity index (χ0v) is 16.5. The van der Waals surface area contributed by atoms with Gasteiger partial charge in [-0.3, -0.25) is 9.59 Å². The van der Waals surface area contributed by atoms with E-state index in [9.17, 15) is 14.4 Å². The Bertz CT molecular complexity index is 784. The van der Waals surface area contributed by atoms with Gasteiger partial charge in [0.15, 0.2) is 5.78 Å². The summed E-state index contributed by atoms with van der Waals surface area (Å²) in [6.07, 6.45) is -0.428. The van der Waals surface area contributed by atoms with E-state index in [2.05, 4.69) is 23.3 Å². The number of carbonyl (C=O) groups is 3. The zero-order chi connectivity index (χ0) is 20.4. The highest BCUT2D eigenvalue weighted by atomic mass is 32.1. The first-order valence-corrected chi connectivity index (χ1v) is 9.58. The minimum atomic E-state index is -0.874. The van der Waals surface area contributed by atoms with E-state index in [1.54, 1.807) is 6.92 Å². The van der Waals surface area contributed by atoms with Crippen molar-refractivity contribution >= 4 is 30.4 Å². The predicted molar refractivity (Wildman–Crippen MR) is 110 cm³/mol. The molecule has 148 valence electrons. The number of thiol groups is 1. The molecule has 0 radical (unpaired) electrons. The van der Waals surface area contributed by atoms with E-state index in [1.165, 1.54) is 0 Å². The lowest BCUT2D eigenvalue weighted by atomic mass is 10.0. The van der Waals surface area contributed by atoms with Gasteiger partial charge in [0.2, 0.25) is 5.91 Å². The summed E-state index contributed by atoms with van der Waals surface area (Å²) in [7, 11) is 0. The summed E-state index contributed by atoms with van der Waals surface area (Å²) in [6, 6.07) is 17.0. The fourth-order valence-corrected chi connectivity index (χ4v) is 2.77. The molecule has 0 fully saturated rings. The summed E-state index contributed by atoms with van der Waals surface area (Å²) in [6.45, 7) is 1.69. The molecule has 0 bridgehead atoms. The van der Waals surface area contributed by atoms with Crippen molar-refractivity contribution in [1.82, 2.24) is 10.6 Å². The maximum atomic E-state index is 12.6. The number of nitrogens with one attached hydrogen (secondary N) is 2.